The van der Waals surface area contributed by atoms with Crippen molar-refractivity contribution in [2.45, 2.75) is 116 Å². The van der Waals surface area contributed by atoms with Gasteiger partial charge < -0.3 is 18.3 Å². The normalized spacial score (nSPS) is 27.3. The highest BCUT2D eigenvalue weighted by molar-refractivity contribution is 6.74. The Morgan fingerprint density at radius 1 is 1.06 bits per heavy atom. The van der Waals surface area contributed by atoms with Crippen LogP contribution in [0.5, 0.6) is 0 Å². The first-order valence-electron chi connectivity index (χ1n) is 13.6. The van der Waals surface area contributed by atoms with Crippen molar-refractivity contribution < 1.29 is 18.3 Å². The smallest absolute Gasteiger partial charge is 0.241 e. The molecule has 1 aliphatic carbocycles. The zero-order chi connectivity index (χ0) is 25.9. The van der Waals surface area contributed by atoms with Gasteiger partial charge in [0.25, 0.3) is 0 Å². The van der Waals surface area contributed by atoms with Gasteiger partial charge in [-0.15, -0.1) is 0 Å². The first-order chi connectivity index (χ1) is 16.3. The average molecular weight is 519 g/mol. The Labute approximate surface area is 217 Å². The number of aryl methyl sites for hydroxylation is 1. The van der Waals surface area contributed by atoms with Crippen molar-refractivity contribution in [2.24, 2.45) is 11.8 Å². The fraction of sp³-hybridized carbons (Fsp3) is 0.724. The SMILES string of the molecule is COC1C[C@H]2[C@H](CC(=CO[Si](C)(C)C)[C@@H]2CC[C@H](CCc2ccccc2)O[Si](C)(C)C(C)(C)C)O1. The van der Waals surface area contributed by atoms with Gasteiger partial charge in [0.1, 0.15) is 0 Å². The van der Waals surface area contributed by atoms with E-state index in [-0.39, 0.29) is 23.5 Å². The number of fused-ring (bicyclic) bond motifs is 1. The summed E-state index contributed by atoms with van der Waals surface area (Å²) >= 11 is 0. The number of rotatable bonds is 11. The Morgan fingerprint density at radius 3 is 2.34 bits per heavy atom. The van der Waals surface area contributed by atoms with Crippen LogP contribution in [-0.4, -0.2) is 42.2 Å². The Balaban J connectivity index is 1.74. The van der Waals surface area contributed by atoms with Crippen molar-refractivity contribution >= 4 is 16.6 Å². The molecule has 0 bridgehead atoms. The van der Waals surface area contributed by atoms with Crippen LogP contribution < -0.4 is 0 Å². The predicted octanol–water partition coefficient (Wildman–Crippen LogP) is 7.92. The minimum Gasteiger partial charge on any atom is -0.550 e. The molecular formula is C29H50O4Si2. The lowest BCUT2D eigenvalue weighted by Crippen LogP contribution is -2.44. The van der Waals surface area contributed by atoms with Gasteiger partial charge >= 0.3 is 0 Å². The van der Waals surface area contributed by atoms with Gasteiger partial charge in [-0.3, -0.25) is 0 Å². The van der Waals surface area contributed by atoms with E-state index in [4.69, 9.17) is 18.3 Å². The number of methoxy groups -OCH3 is 1. The molecule has 1 saturated carbocycles. The fourth-order valence-electron chi connectivity index (χ4n) is 5.14. The van der Waals surface area contributed by atoms with Crippen molar-refractivity contribution in [3.05, 3.63) is 47.7 Å². The van der Waals surface area contributed by atoms with Crippen LogP contribution in [0.4, 0.5) is 0 Å². The van der Waals surface area contributed by atoms with Crippen molar-refractivity contribution in [3.8, 4) is 0 Å². The number of benzene rings is 1. The van der Waals surface area contributed by atoms with Crippen LogP contribution in [0.3, 0.4) is 0 Å². The molecule has 6 heteroatoms. The Kier molecular flexibility index (Phi) is 9.52. The molecule has 2 aliphatic rings. The lowest BCUT2D eigenvalue weighted by Gasteiger charge is -2.40. The third-order valence-electron chi connectivity index (χ3n) is 8.19. The summed E-state index contributed by atoms with van der Waals surface area (Å²) in [4.78, 5) is 0. The monoisotopic (exact) mass is 518 g/mol. The van der Waals surface area contributed by atoms with Crippen molar-refractivity contribution in [3.63, 3.8) is 0 Å². The molecule has 0 spiro atoms. The number of hydrogen-bond acceptors (Lipinski definition) is 4. The van der Waals surface area contributed by atoms with Crippen molar-refractivity contribution in [2.75, 3.05) is 7.11 Å². The molecule has 1 saturated heterocycles. The van der Waals surface area contributed by atoms with Gasteiger partial charge in [0.15, 0.2) is 14.6 Å². The molecule has 2 fully saturated rings. The van der Waals surface area contributed by atoms with Crippen LogP contribution in [0, 0.1) is 11.8 Å². The second-order valence-electron chi connectivity index (χ2n) is 13.1. The second kappa shape index (κ2) is 11.6. The van der Waals surface area contributed by atoms with Crippen LogP contribution in [0.15, 0.2) is 42.2 Å². The fourth-order valence-corrected chi connectivity index (χ4v) is 7.07. The molecule has 1 unspecified atom stereocenters. The highest BCUT2D eigenvalue weighted by atomic mass is 28.4. The van der Waals surface area contributed by atoms with E-state index in [0.29, 0.717) is 11.8 Å². The summed E-state index contributed by atoms with van der Waals surface area (Å²) in [5, 5.41) is 0.206. The molecule has 1 aliphatic heterocycles. The van der Waals surface area contributed by atoms with Gasteiger partial charge in [0, 0.05) is 19.6 Å². The van der Waals surface area contributed by atoms with E-state index in [1.165, 1.54) is 11.1 Å². The van der Waals surface area contributed by atoms with Gasteiger partial charge in [-0.25, -0.2) is 0 Å². The molecule has 0 radical (unpaired) electrons. The van der Waals surface area contributed by atoms with Gasteiger partial charge in [0.05, 0.1) is 12.4 Å². The van der Waals surface area contributed by atoms with Crippen LogP contribution in [-0.2, 0) is 24.7 Å². The third-order valence-corrected chi connectivity index (χ3v) is 13.6. The zero-order valence-corrected chi connectivity index (χ0v) is 25.7. The van der Waals surface area contributed by atoms with E-state index in [1.54, 1.807) is 7.11 Å². The van der Waals surface area contributed by atoms with E-state index >= 15 is 0 Å². The van der Waals surface area contributed by atoms with Crippen molar-refractivity contribution in [1.29, 1.82) is 0 Å². The van der Waals surface area contributed by atoms with E-state index in [1.807, 2.05) is 0 Å². The Bertz CT molecular complexity index is 825. The average Bonchev–Trinajstić information content (AvgIpc) is 3.31. The van der Waals surface area contributed by atoms with E-state index in [2.05, 4.69) is 90.1 Å². The zero-order valence-electron chi connectivity index (χ0n) is 23.7. The van der Waals surface area contributed by atoms with Crippen molar-refractivity contribution in [1.82, 2.24) is 0 Å². The summed E-state index contributed by atoms with van der Waals surface area (Å²) in [5.41, 5.74) is 2.83. The molecule has 0 aromatic heterocycles. The molecule has 35 heavy (non-hydrogen) atoms. The maximum absolute atomic E-state index is 7.03. The quantitative estimate of drug-likeness (QED) is 0.220. The summed E-state index contributed by atoms with van der Waals surface area (Å²) in [6.07, 6.45) is 8.85. The number of ether oxygens (including phenoxy) is 2. The molecule has 198 valence electrons. The highest BCUT2D eigenvalue weighted by Crippen LogP contribution is 2.49. The third kappa shape index (κ3) is 8.03. The summed E-state index contributed by atoms with van der Waals surface area (Å²) in [6, 6.07) is 10.8. The molecular weight excluding hydrogens is 468 g/mol. The summed E-state index contributed by atoms with van der Waals surface area (Å²) in [6.45, 7) is 18.5. The maximum Gasteiger partial charge on any atom is 0.241 e. The lowest BCUT2D eigenvalue weighted by atomic mass is 9.86. The minimum absolute atomic E-state index is 0.0654. The summed E-state index contributed by atoms with van der Waals surface area (Å²) in [7, 11) is -1.72. The first-order valence-corrected chi connectivity index (χ1v) is 19.9. The van der Waals surface area contributed by atoms with Gasteiger partial charge in [-0.1, -0.05) is 51.1 Å². The first kappa shape index (κ1) is 28.6. The summed E-state index contributed by atoms with van der Waals surface area (Å²) in [5.74, 6) is 0.998. The lowest BCUT2D eigenvalue weighted by molar-refractivity contribution is -0.113. The predicted molar refractivity (Wildman–Crippen MR) is 150 cm³/mol. The van der Waals surface area contributed by atoms with E-state index in [9.17, 15) is 0 Å². The highest BCUT2D eigenvalue weighted by Gasteiger charge is 2.47. The Morgan fingerprint density at radius 2 is 1.74 bits per heavy atom. The van der Waals surface area contributed by atoms with Crippen LogP contribution in [0.2, 0.25) is 37.8 Å². The summed E-state index contributed by atoms with van der Waals surface area (Å²) < 4.78 is 25.1. The molecule has 4 nitrogen and oxygen atoms in total. The second-order valence-corrected chi connectivity index (χ2v) is 22.3. The molecule has 1 aromatic rings. The molecule has 0 amide bonds. The molecule has 0 N–H and O–H groups in total. The van der Waals surface area contributed by atoms with Crippen LogP contribution in [0.1, 0.15) is 58.4 Å². The van der Waals surface area contributed by atoms with Gasteiger partial charge in [-0.05, 0) is 92.8 Å². The topological polar surface area (TPSA) is 36.9 Å². The van der Waals surface area contributed by atoms with E-state index in [0.717, 1.165) is 38.5 Å². The molecule has 1 aromatic carbocycles. The van der Waals surface area contributed by atoms with Crippen LogP contribution in [0.25, 0.3) is 0 Å². The molecule has 5 atom stereocenters. The standard InChI is InChI=1S/C29H50O4Si2/c1-29(2,3)35(8,9)33-24(16-15-22-13-11-10-12-14-22)17-18-25-23(21-31-34(5,6)7)19-27-26(25)20-28(30-4)32-27/h10-14,21,24-28H,15-20H2,1-9H3/t24-,25-,26+,27-,28?/m0/s1. The number of hydrogen-bond donors (Lipinski definition) is 0. The maximum atomic E-state index is 7.03. The minimum atomic E-state index is -1.86. The Hall–Kier alpha value is -0.926. The van der Waals surface area contributed by atoms with Gasteiger partial charge in [-0.2, -0.15) is 0 Å². The molecule has 1 heterocycles. The van der Waals surface area contributed by atoms with Gasteiger partial charge in [0.2, 0.25) is 8.32 Å². The van der Waals surface area contributed by atoms with E-state index < -0.39 is 16.6 Å². The molecule has 3 rings (SSSR count). The largest absolute Gasteiger partial charge is 0.550 e. The van der Waals surface area contributed by atoms with Crippen LogP contribution >= 0.6 is 0 Å².